The summed E-state index contributed by atoms with van der Waals surface area (Å²) in [5.74, 6) is -1.26. The lowest BCUT2D eigenvalue weighted by atomic mass is 9.91. The van der Waals surface area contributed by atoms with Gasteiger partial charge in [-0.15, -0.1) is 0 Å². The van der Waals surface area contributed by atoms with Crippen molar-refractivity contribution in [3.63, 3.8) is 0 Å². The van der Waals surface area contributed by atoms with Crippen LogP contribution in [0.1, 0.15) is 84.5 Å². The topological polar surface area (TPSA) is 139 Å². The molecular weight excluding hydrogens is 402 g/mol. The van der Waals surface area contributed by atoms with Gasteiger partial charge in [0.05, 0.1) is 12.5 Å². The maximum absolute atomic E-state index is 13.0. The van der Waals surface area contributed by atoms with Crippen molar-refractivity contribution in [2.75, 3.05) is 20.2 Å². The van der Waals surface area contributed by atoms with Gasteiger partial charge in [-0.3, -0.25) is 9.59 Å². The Labute approximate surface area is 187 Å². The summed E-state index contributed by atoms with van der Waals surface area (Å²) in [5, 5.41) is 48.2. The van der Waals surface area contributed by atoms with E-state index in [9.17, 15) is 30.0 Å². The number of carbonyl (C=O) groups is 2. The largest absolute Gasteiger partial charge is 0.394 e. The molecule has 0 bridgehead atoms. The van der Waals surface area contributed by atoms with Crippen molar-refractivity contribution in [3.8, 4) is 0 Å². The van der Waals surface area contributed by atoms with Crippen LogP contribution in [0.15, 0.2) is 0 Å². The molecule has 0 rings (SSSR count). The molecular formula is C23H45NO7. The third kappa shape index (κ3) is 11.9. The Morgan fingerprint density at radius 2 is 1.29 bits per heavy atom. The molecule has 0 saturated heterocycles. The van der Waals surface area contributed by atoms with E-state index in [1.807, 2.05) is 0 Å². The monoisotopic (exact) mass is 447 g/mol. The summed E-state index contributed by atoms with van der Waals surface area (Å²) in [7, 11) is 1.45. The normalized spacial score (nSPS) is 16.4. The van der Waals surface area contributed by atoms with Gasteiger partial charge in [0.2, 0.25) is 5.91 Å². The summed E-state index contributed by atoms with van der Waals surface area (Å²) in [6.07, 6.45) is 3.04. The maximum atomic E-state index is 13.0. The first-order chi connectivity index (χ1) is 14.7. The first-order valence-electron chi connectivity index (χ1n) is 11.8. The Balaban J connectivity index is 4.94. The maximum Gasteiger partial charge on any atom is 0.232 e. The van der Waals surface area contributed by atoms with Gasteiger partial charge in [-0.25, -0.2) is 0 Å². The number of hydrogen-bond acceptors (Lipinski definition) is 7. The van der Waals surface area contributed by atoms with Crippen LogP contribution in [0.5, 0.6) is 0 Å². The number of hydrogen-bond donors (Lipinski definition) is 5. The van der Waals surface area contributed by atoms with Crippen LogP contribution < -0.4 is 0 Å². The van der Waals surface area contributed by atoms with E-state index in [1.54, 1.807) is 0 Å². The molecule has 0 aliphatic heterocycles. The predicted molar refractivity (Wildman–Crippen MR) is 119 cm³/mol. The van der Waals surface area contributed by atoms with Crippen LogP contribution in [-0.2, 0) is 9.59 Å². The van der Waals surface area contributed by atoms with E-state index in [1.165, 1.54) is 11.9 Å². The number of ketones is 1. The predicted octanol–water partition coefficient (Wildman–Crippen LogP) is 1.40. The molecule has 0 aliphatic carbocycles. The number of nitrogens with zero attached hydrogens (tertiary/aromatic N) is 1. The summed E-state index contributed by atoms with van der Waals surface area (Å²) in [6.45, 7) is 3.14. The first kappa shape index (κ1) is 29.9. The summed E-state index contributed by atoms with van der Waals surface area (Å²) in [4.78, 5) is 26.9. The SMILES string of the molecule is CCCCCCCC(=O)C(CCCCCC)C(=O)N(C)C[C@H](O)[C@H](O)[C@@H](O)[C@H](O)CO. The second-order valence-electron chi connectivity index (χ2n) is 8.55. The highest BCUT2D eigenvalue weighted by Crippen LogP contribution is 2.19. The van der Waals surface area contributed by atoms with Gasteiger partial charge in [0.15, 0.2) is 0 Å². The fourth-order valence-electron chi connectivity index (χ4n) is 3.58. The molecule has 184 valence electrons. The number of unbranched alkanes of at least 4 members (excludes halogenated alkanes) is 7. The van der Waals surface area contributed by atoms with Crippen LogP contribution in [-0.4, -0.2) is 86.7 Å². The summed E-state index contributed by atoms with van der Waals surface area (Å²) in [6, 6.07) is 0. The molecule has 5 atom stereocenters. The smallest absolute Gasteiger partial charge is 0.232 e. The van der Waals surface area contributed by atoms with E-state index in [4.69, 9.17) is 5.11 Å². The Bertz CT molecular complexity index is 489. The number of aliphatic hydroxyl groups is 5. The lowest BCUT2D eigenvalue weighted by molar-refractivity contribution is -0.145. The van der Waals surface area contributed by atoms with Gasteiger partial charge in [0.25, 0.3) is 0 Å². The van der Waals surface area contributed by atoms with Crippen LogP contribution >= 0.6 is 0 Å². The lowest BCUT2D eigenvalue weighted by Crippen LogP contribution is -2.50. The molecule has 1 amide bonds. The molecule has 31 heavy (non-hydrogen) atoms. The van der Waals surface area contributed by atoms with Crippen molar-refractivity contribution in [2.24, 2.45) is 5.92 Å². The summed E-state index contributed by atoms with van der Waals surface area (Å²) in [5.41, 5.74) is 0. The second kappa shape index (κ2) is 17.5. The lowest BCUT2D eigenvalue weighted by Gasteiger charge is -2.30. The highest BCUT2D eigenvalue weighted by atomic mass is 16.4. The van der Waals surface area contributed by atoms with Crippen LogP contribution in [0.25, 0.3) is 0 Å². The Morgan fingerprint density at radius 1 is 0.774 bits per heavy atom. The molecule has 1 unspecified atom stereocenters. The van der Waals surface area contributed by atoms with Gasteiger partial charge < -0.3 is 30.4 Å². The van der Waals surface area contributed by atoms with E-state index in [-0.39, 0.29) is 12.3 Å². The van der Waals surface area contributed by atoms with Crippen molar-refractivity contribution in [3.05, 3.63) is 0 Å². The number of rotatable bonds is 19. The molecule has 0 heterocycles. The molecule has 0 saturated carbocycles. The van der Waals surface area contributed by atoms with Crippen molar-refractivity contribution in [1.82, 2.24) is 4.90 Å². The highest BCUT2D eigenvalue weighted by Gasteiger charge is 2.33. The average molecular weight is 448 g/mol. The molecule has 0 fully saturated rings. The zero-order chi connectivity index (χ0) is 23.8. The number of Topliss-reactive ketones (excluding diaryl/α,β-unsaturated/α-hetero) is 1. The molecule has 0 radical (unpaired) electrons. The minimum absolute atomic E-state index is 0.0874. The van der Waals surface area contributed by atoms with Crippen molar-refractivity contribution >= 4 is 11.7 Å². The van der Waals surface area contributed by atoms with Gasteiger partial charge in [0.1, 0.15) is 30.2 Å². The van der Waals surface area contributed by atoms with E-state index in [0.717, 1.165) is 57.8 Å². The van der Waals surface area contributed by atoms with Crippen LogP contribution in [0.4, 0.5) is 0 Å². The number of aliphatic hydroxyl groups excluding tert-OH is 5. The summed E-state index contributed by atoms with van der Waals surface area (Å²) >= 11 is 0. The zero-order valence-corrected chi connectivity index (χ0v) is 19.6. The van der Waals surface area contributed by atoms with E-state index in [0.29, 0.717) is 12.8 Å². The van der Waals surface area contributed by atoms with E-state index >= 15 is 0 Å². The summed E-state index contributed by atoms with van der Waals surface area (Å²) < 4.78 is 0. The zero-order valence-electron chi connectivity index (χ0n) is 19.6. The van der Waals surface area contributed by atoms with Gasteiger partial charge in [0, 0.05) is 20.0 Å². The third-order valence-electron chi connectivity index (χ3n) is 5.72. The van der Waals surface area contributed by atoms with Crippen LogP contribution in [0.3, 0.4) is 0 Å². The highest BCUT2D eigenvalue weighted by molar-refractivity contribution is 6.01. The minimum atomic E-state index is -1.75. The molecule has 8 nitrogen and oxygen atoms in total. The molecule has 5 N–H and O–H groups in total. The Hall–Kier alpha value is -1.06. The average Bonchev–Trinajstić information content (AvgIpc) is 2.76. The molecule has 0 spiro atoms. The van der Waals surface area contributed by atoms with Gasteiger partial charge >= 0.3 is 0 Å². The number of likely N-dealkylation sites (N-methyl/N-ethyl adjacent to an activating group) is 1. The van der Waals surface area contributed by atoms with Gasteiger partial charge in [-0.1, -0.05) is 65.2 Å². The molecule has 0 aromatic heterocycles. The molecule has 8 heteroatoms. The quantitative estimate of drug-likeness (QED) is 0.149. The van der Waals surface area contributed by atoms with E-state index in [2.05, 4.69) is 13.8 Å². The van der Waals surface area contributed by atoms with Gasteiger partial charge in [-0.2, -0.15) is 0 Å². The Kier molecular flexibility index (Phi) is 16.9. The molecule has 0 aromatic rings. The first-order valence-corrected chi connectivity index (χ1v) is 11.8. The van der Waals surface area contributed by atoms with Crippen molar-refractivity contribution < 1.29 is 35.1 Å². The standard InChI is InChI=1S/C23H45NO7/c1-4-6-8-10-12-14-18(26)17(13-11-9-7-5-2)23(31)24(3)15-19(27)21(29)22(30)20(28)16-25/h17,19-22,25,27-30H,4-16H2,1-3H3/t17?,19-,20+,21-,22-/m0/s1. The van der Waals surface area contributed by atoms with Crippen molar-refractivity contribution in [2.45, 2.75) is 109 Å². The fraction of sp³-hybridized carbons (Fsp3) is 0.913. The minimum Gasteiger partial charge on any atom is -0.394 e. The third-order valence-corrected chi connectivity index (χ3v) is 5.72. The van der Waals surface area contributed by atoms with Crippen LogP contribution in [0.2, 0.25) is 0 Å². The van der Waals surface area contributed by atoms with Crippen molar-refractivity contribution in [1.29, 1.82) is 0 Å². The van der Waals surface area contributed by atoms with E-state index < -0.39 is 42.8 Å². The molecule has 0 aromatic carbocycles. The Morgan fingerprint density at radius 3 is 1.84 bits per heavy atom. The molecule has 0 aliphatic rings. The fourth-order valence-corrected chi connectivity index (χ4v) is 3.58. The van der Waals surface area contributed by atoms with Gasteiger partial charge in [-0.05, 0) is 12.8 Å². The number of carbonyl (C=O) groups excluding carboxylic acids is 2. The second-order valence-corrected chi connectivity index (χ2v) is 8.55. The van der Waals surface area contributed by atoms with Crippen LogP contribution in [0, 0.1) is 5.92 Å². The number of amides is 1.